The average molecular weight is 320 g/mol. The maximum absolute atomic E-state index is 4.45. The lowest BCUT2D eigenvalue weighted by molar-refractivity contribution is 0.331. The number of nitrogens with zero attached hydrogens (tertiary/aromatic N) is 2. The Morgan fingerprint density at radius 3 is 2.86 bits per heavy atom. The second kappa shape index (κ2) is 3.70. The minimum atomic E-state index is 0.922. The van der Waals surface area contributed by atoms with Gasteiger partial charge in [0.15, 0.2) is 0 Å². The van der Waals surface area contributed by atoms with E-state index in [1.54, 1.807) is 11.5 Å². The number of hydrogen-bond donors (Lipinski definition) is 0. The summed E-state index contributed by atoms with van der Waals surface area (Å²) in [5.41, 5.74) is 0. The van der Waals surface area contributed by atoms with Crippen LogP contribution >= 0.6 is 34.1 Å². The van der Waals surface area contributed by atoms with Gasteiger partial charge in [-0.25, -0.2) is 4.98 Å². The molecule has 2 aliphatic rings. The molecule has 2 fully saturated rings. The van der Waals surface area contributed by atoms with Crippen LogP contribution < -0.4 is 0 Å². The van der Waals surface area contributed by atoms with E-state index in [9.17, 15) is 0 Å². The molecule has 2 nitrogen and oxygen atoms in total. The normalized spacial score (nSPS) is 35.4. The van der Waals surface area contributed by atoms with Gasteiger partial charge in [-0.2, -0.15) is 4.37 Å². The van der Waals surface area contributed by atoms with Crippen LogP contribution in [-0.4, -0.2) is 9.36 Å². The van der Waals surface area contributed by atoms with E-state index in [0.717, 1.165) is 21.6 Å². The van der Waals surface area contributed by atoms with Crippen molar-refractivity contribution in [2.75, 3.05) is 0 Å². The third-order valence-corrected chi connectivity index (χ3v) is 5.31. The second-order valence-corrected chi connectivity index (χ2v) is 6.40. The van der Waals surface area contributed by atoms with Crippen molar-refractivity contribution in [2.45, 2.75) is 32.1 Å². The zero-order chi connectivity index (χ0) is 9.54. The van der Waals surface area contributed by atoms with Gasteiger partial charge in [0.25, 0.3) is 0 Å². The Kier molecular flexibility index (Phi) is 2.51. The van der Waals surface area contributed by atoms with Crippen LogP contribution in [0.4, 0.5) is 0 Å². The molecule has 0 radical (unpaired) electrons. The van der Waals surface area contributed by atoms with Gasteiger partial charge < -0.3 is 0 Å². The van der Waals surface area contributed by atoms with Crippen molar-refractivity contribution in [1.29, 1.82) is 0 Å². The molecule has 4 heteroatoms. The molecule has 3 atom stereocenters. The zero-order valence-electron chi connectivity index (χ0n) is 7.95. The highest BCUT2D eigenvalue weighted by molar-refractivity contribution is 14.1. The lowest BCUT2D eigenvalue weighted by Gasteiger charge is -2.19. The highest BCUT2D eigenvalue weighted by atomic mass is 127. The topological polar surface area (TPSA) is 25.8 Å². The van der Waals surface area contributed by atoms with E-state index >= 15 is 0 Å². The Morgan fingerprint density at radius 1 is 1.36 bits per heavy atom. The first-order valence-corrected chi connectivity index (χ1v) is 7.14. The van der Waals surface area contributed by atoms with Crippen LogP contribution in [0.3, 0.4) is 0 Å². The van der Waals surface area contributed by atoms with E-state index in [0.29, 0.717) is 0 Å². The van der Waals surface area contributed by atoms with Gasteiger partial charge >= 0.3 is 0 Å². The Labute approximate surface area is 102 Å². The van der Waals surface area contributed by atoms with Crippen LogP contribution in [-0.2, 0) is 6.42 Å². The molecule has 0 saturated heterocycles. The van der Waals surface area contributed by atoms with E-state index in [2.05, 4.69) is 31.9 Å². The molecular weight excluding hydrogens is 307 g/mol. The summed E-state index contributed by atoms with van der Waals surface area (Å²) in [6.07, 6.45) is 7.13. The summed E-state index contributed by atoms with van der Waals surface area (Å²) in [5.74, 6) is 3.00. The van der Waals surface area contributed by atoms with Gasteiger partial charge in [-0.3, -0.25) is 0 Å². The van der Waals surface area contributed by atoms with Crippen molar-refractivity contribution in [1.82, 2.24) is 9.36 Å². The molecule has 2 aliphatic carbocycles. The van der Waals surface area contributed by atoms with Crippen molar-refractivity contribution in [3.63, 3.8) is 0 Å². The second-order valence-electron chi connectivity index (χ2n) is 4.60. The molecule has 3 rings (SSSR count). The van der Waals surface area contributed by atoms with E-state index in [1.165, 1.54) is 37.1 Å². The molecule has 3 unspecified atom stereocenters. The van der Waals surface area contributed by atoms with Crippen molar-refractivity contribution in [3.05, 3.63) is 8.84 Å². The van der Waals surface area contributed by atoms with Crippen LogP contribution in [0.2, 0.25) is 0 Å². The smallest absolute Gasteiger partial charge is 0.203 e. The highest BCUT2D eigenvalue weighted by Crippen LogP contribution is 2.49. The van der Waals surface area contributed by atoms with Crippen LogP contribution in [0, 0.1) is 21.6 Å². The quantitative estimate of drug-likeness (QED) is 0.783. The van der Waals surface area contributed by atoms with E-state index in [1.807, 2.05) is 0 Å². The molecule has 2 bridgehead atoms. The Bertz CT molecular complexity index is 339. The van der Waals surface area contributed by atoms with Gasteiger partial charge in [0, 0.05) is 29.0 Å². The van der Waals surface area contributed by atoms with Gasteiger partial charge in [-0.05, 0) is 48.5 Å². The molecule has 0 aliphatic heterocycles. The van der Waals surface area contributed by atoms with E-state index in [-0.39, 0.29) is 0 Å². The summed E-state index contributed by atoms with van der Waals surface area (Å²) in [7, 11) is 0. The molecule has 2 saturated carbocycles. The predicted molar refractivity (Wildman–Crippen MR) is 65.3 cm³/mol. The number of fused-ring (bicyclic) bond motifs is 2. The van der Waals surface area contributed by atoms with Crippen LogP contribution in [0.15, 0.2) is 0 Å². The SMILES string of the molecule is Ic1nsc(CC2CC3CCC2C3)n1. The molecule has 76 valence electrons. The largest absolute Gasteiger partial charge is 0.215 e. The first-order chi connectivity index (χ1) is 6.81. The van der Waals surface area contributed by atoms with E-state index < -0.39 is 0 Å². The van der Waals surface area contributed by atoms with Gasteiger partial charge in [-0.15, -0.1) is 0 Å². The number of rotatable bonds is 2. The summed E-state index contributed by atoms with van der Waals surface area (Å²) in [4.78, 5) is 4.45. The fraction of sp³-hybridized carbons (Fsp3) is 0.800. The maximum Gasteiger partial charge on any atom is 0.203 e. The number of halogens is 1. The molecule has 0 aromatic carbocycles. The standard InChI is InChI=1S/C10H13IN2S/c11-10-12-9(14-13-10)5-8-4-6-1-2-7(8)3-6/h6-8H,1-5H2. The first kappa shape index (κ1) is 9.51. The monoisotopic (exact) mass is 320 g/mol. The third kappa shape index (κ3) is 1.71. The summed E-state index contributed by atoms with van der Waals surface area (Å²) in [6.45, 7) is 0. The van der Waals surface area contributed by atoms with Crippen LogP contribution in [0.1, 0.15) is 30.7 Å². The number of hydrogen-bond acceptors (Lipinski definition) is 3. The minimum Gasteiger partial charge on any atom is -0.215 e. The summed E-state index contributed by atoms with van der Waals surface area (Å²) in [5, 5.41) is 1.26. The lowest BCUT2D eigenvalue weighted by atomic mass is 9.87. The molecule has 1 heterocycles. The minimum absolute atomic E-state index is 0.922. The Balaban J connectivity index is 1.68. The third-order valence-electron chi connectivity index (χ3n) is 3.76. The summed E-state index contributed by atoms with van der Waals surface area (Å²) >= 11 is 3.79. The lowest BCUT2D eigenvalue weighted by Crippen LogP contribution is -2.12. The van der Waals surface area contributed by atoms with Crippen LogP contribution in [0.5, 0.6) is 0 Å². The Morgan fingerprint density at radius 2 is 2.29 bits per heavy atom. The van der Waals surface area contributed by atoms with Gasteiger partial charge in [-0.1, -0.05) is 6.42 Å². The van der Waals surface area contributed by atoms with Crippen LogP contribution in [0.25, 0.3) is 0 Å². The molecular formula is C10H13IN2S. The molecule has 0 amide bonds. The summed E-state index contributed by atoms with van der Waals surface area (Å²) in [6, 6.07) is 0. The van der Waals surface area contributed by atoms with Gasteiger partial charge in [0.05, 0.1) is 0 Å². The highest BCUT2D eigenvalue weighted by Gasteiger charge is 2.39. The molecule has 0 N–H and O–H groups in total. The zero-order valence-corrected chi connectivity index (χ0v) is 10.9. The molecule has 0 spiro atoms. The van der Waals surface area contributed by atoms with Crippen molar-refractivity contribution < 1.29 is 0 Å². The molecule has 1 aromatic rings. The maximum atomic E-state index is 4.45. The van der Waals surface area contributed by atoms with Crippen molar-refractivity contribution in [3.8, 4) is 0 Å². The molecule has 1 aromatic heterocycles. The van der Waals surface area contributed by atoms with Crippen molar-refractivity contribution in [2.24, 2.45) is 17.8 Å². The fourth-order valence-corrected chi connectivity index (χ4v) is 4.56. The average Bonchev–Trinajstić information content (AvgIpc) is 2.82. The van der Waals surface area contributed by atoms with Gasteiger partial charge in [0.2, 0.25) is 3.83 Å². The van der Waals surface area contributed by atoms with E-state index in [4.69, 9.17) is 0 Å². The summed E-state index contributed by atoms with van der Waals surface area (Å²) < 4.78 is 5.16. The first-order valence-electron chi connectivity index (χ1n) is 5.29. The van der Waals surface area contributed by atoms with Crippen molar-refractivity contribution >= 4 is 34.1 Å². The Hall–Kier alpha value is 0.290. The number of aromatic nitrogens is 2. The van der Waals surface area contributed by atoms with Gasteiger partial charge in [0.1, 0.15) is 5.01 Å². The predicted octanol–water partition coefficient (Wildman–Crippen LogP) is 3.12. The fourth-order valence-electron chi connectivity index (χ4n) is 3.17. The molecule has 14 heavy (non-hydrogen) atoms.